The second-order valence-electron chi connectivity index (χ2n) is 24.6. The van der Waals surface area contributed by atoms with E-state index in [1.54, 1.807) is 74.0 Å². The monoisotopic (exact) mass is 1260 g/mol. The van der Waals surface area contributed by atoms with Gasteiger partial charge in [-0.15, -0.1) is 0 Å². The van der Waals surface area contributed by atoms with Gasteiger partial charge in [-0.3, -0.25) is 53.0 Å². The predicted molar refractivity (Wildman–Crippen MR) is 339 cm³/mol. The molecule has 90 heavy (non-hydrogen) atoms. The first-order valence-electron chi connectivity index (χ1n) is 31.7. The summed E-state index contributed by atoms with van der Waals surface area (Å²) >= 11 is 0. The normalized spacial score (nSPS) is 18.3. The highest BCUT2D eigenvalue weighted by molar-refractivity contribution is 6.03. The minimum absolute atomic E-state index is 0.0869. The van der Waals surface area contributed by atoms with Crippen molar-refractivity contribution >= 4 is 70.9 Å². The zero-order valence-electron chi connectivity index (χ0n) is 54.8. The van der Waals surface area contributed by atoms with Crippen LogP contribution in [-0.4, -0.2) is 199 Å². The number of amides is 11. The molecule has 0 aliphatic carbocycles. The lowest BCUT2D eigenvalue weighted by Crippen LogP contribution is -2.58. The Kier molecular flexibility index (Phi) is 30.8. The average molecular weight is 1260 g/mol. The van der Waals surface area contributed by atoms with Crippen LogP contribution >= 0.6 is 0 Å². The SMILES string of the molecule is CC[C@H](C)[C@@H]([C@@H](CC(=O)N1CCC[C@H]1[C@H](OC)[C@@H](C)C(=O)N[C@@H](Cc1ccccc1)C(=O)O)OC)N(C)C(=O)[C@H](C)NC(=O)[C@H](C(C)C)N(C)CCc1ccc(NC(=O)[C@H](CCCNC(N)=O)NC(=O)[C@H](C)NC(=O)CCCCCN2C(=O)CC(C)C2=O)cc1. The number of nitrogens with zero attached hydrogens (tertiary/aromatic N) is 4. The summed E-state index contributed by atoms with van der Waals surface area (Å²) in [7, 11) is 6.45. The molecule has 500 valence electrons. The summed E-state index contributed by atoms with van der Waals surface area (Å²) in [5.41, 5.74) is 7.32. The maximum Gasteiger partial charge on any atom is 0.326 e. The van der Waals surface area contributed by atoms with E-state index in [1.165, 1.54) is 26.0 Å². The van der Waals surface area contributed by atoms with Crippen LogP contribution in [0.3, 0.4) is 0 Å². The fourth-order valence-electron chi connectivity index (χ4n) is 12.0. The van der Waals surface area contributed by atoms with Gasteiger partial charge in [-0.2, -0.15) is 0 Å². The standard InChI is InChI=1S/C65H101N11O14/c1-13-40(4)56(51(89-11)38-54(79)75-34-21-25-50(75)57(90-12)42(6)58(80)72-49(64(86)87)37-46-22-16-14-17-23-46)74(10)63(85)44(8)69-61(83)55(39(2)3)73(9)35-31-45-27-29-47(30-28-45)70-60(82)48(24-20-32-67-65(66)88)71-59(81)43(7)68-52(77)26-18-15-19-33-76-53(78)36-41(5)62(76)84/h14,16-17,22-23,27-30,39-44,48-51,55-57H,13,15,18-21,24-26,31-38H2,1-12H3,(H,68,77)(H,69,83)(H,70,82)(H,71,81)(H,72,80)(H,86,87)(H3,66,67,88)/t40-,41?,42+,43-,44-,48-,49-,50-,51+,55-,56-,57+/m0/s1. The number of imide groups is 1. The van der Waals surface area contributed by atoms with Crippen LogP contribution in [0.15, 0.2) is 54.6 Å². The molecule has 2 fully saturated rings. The number of benzene rings is 2. The molecule has 2 saturated heterocycles. The minimum atomic E-state index is -1.17. The molecule has 2 aliphatic rings. The summed E-state index contributed by atoms with van der Waals surface area (Å²) in [4.78, 5) is 151. The van der Waals surface area contributed by atoms with E-state index >= 15 is 0 Å². The number of carbonyl (C=O) groups is 11. The Balaban J connectivity index is 1.32. The number of methoxy groups -OCH3 is 2. The fraction of sp³-hybridized carbons (Fsp3) is 0.646. The number of primary amides is 1. The summed E-state index contributed by atoms with van der Waals surface area (Å²) in [5.74, 6) is -5.94. The maximum atomic E-state index is 14.4. The Bertz CT molecular complexity index is 2740. The van der Waals surface area contributed by atoms with E-state index < -0.39 is 90.1 Å². The Labute approximate surface area is 530 Å². The third-order valence-corrected chi connectivity index (χ3v) is 17.4. The van der Waals surface area contributed by atoms with Gasteiger partial charge in [-0.05, 0) is 101 Å². The first-order chi connectivity index (χ1) is 42.6. The van der Waals surface area contributed by atoms with Gasteiger partial charge in [0.2, 0.25) is 53.2 Å². The first-order valence-corrected chi connectivity index (χ1v) is 31.7. The van der Waals surface area contributed by atoms with Crippen LogP contribution < -0.4 is 37.6 Å². The lowest BCUT2D eigenvalue weighted by molar-refractivity contribution is -0.147. The van der Waals surface area contributed by atoms with Gasteiger partial charge in [0.05, 0.1) is 42.7 Å². The Morgan fingerprint density at radius 2 is 1.43 bits per heavy atom. The number of hydrogen-bond acceptors (Lipinski definition) is 14. The molecule has 0 spiro atoms. The molecule has 2 aromatic carbocycles. The molecule has 1 unspecified atom stereocenters. The number of nitrogens with two attached hydrogens (primary N) is 1. The number of aliphatic carboxylic acids is 1. The number of anilines is 1. The van der Waals surface area contributed by atoms with Crippen molar-refractivity contribution in [3.8, 4) is 0 Å². The first kappa shape index (κ1) is 75.0. The smallest absolute Gasteiger partial charge is 0.326 e. The summed E-state index contributed by atoms with van der Waals surface area (Å²) in [6, 6.07) is 9.52. The molecule has 0 bridgehead atoms. The van der Waals surface area contributed by atoms with Gasteiger partial charge in [0, 0.05) is 78.3 Å². The van der Waals surface area contributed by atoms with Crippen molar-refractivity contribution < 1.29 is 67.3 Å². The molecule has 2 heterocycles. The van der Waals surface area contributed by atoms with Crippen molar-refractivity contribution in [2.45, 2.75) is 193 Å². The molecule has 0 radical (unpaired) electrons. The fourth-order valence-corrected chi connectivity index (χ4v) is 12.0. The number of ether oxygens (including phenoxy) is 2. The largest absolute Gasteiger partial charge is 0.480 e. The van der Waals surface area contributed by atoms with Crippen molar-refractivity contribution in [1.29, 1.82) is 0 Å². The lowest BCUT2D eigenvalue weighted by Gasteiger charge is -2.40. The summed E-state index contributed by atoms with van der Waals surface area (Å²) in [5, 5.41) is 26.3. The molecule has 0 aromatic heterocycles. The molecule has 2 aliphatic heterocycles. The average Bonchev–Trinajstić information content (AvgIpc) is 1.58. The van der Waals surface area contributed by atoms with Gasteiger partial charge in [0.1, 0.15) is 24.2 Å². The van der Waals surface area contributed by atoms with E-state index in [4.69, 9.17) is 15.2 Å². The molecule has 12 atom stereocenters. The number of unbranched alkanes of at least 4 members (excludes halogenated alkanes) is 2. The number of likely N-dealkylation sites (tertiary alicyclic amines) is 2. The van der Waals surface area contributed by atoms with E-state index in [2.05, 4.69) is 31.9 Å². The second kappa shape index (κ2) is 37.0. The molecule has 2 aromatic rings. The van der Waals surface area contributed by atoms with Gasteiger partial charge < -0.3 is 62.0 Å². The number of carboxylic acids is 1. The second-order valence-corrected chi connectivity index (χ2v) is 24.6. The van der Waals surface area contributed by atoms with Gasteiger partial charge in [0.25, 0.3) is 0 Å². The molecule has 0 saturated carbocycles. The van der Waals surface area contributed by atoms with Crippen LogP contribution in [0.5, 0.6) is 0 Å². The molecule has 9 N–H and O–H groups in total. The van der Waals surface area contributed by atoms with Crippen LogP contribution in [0, 0.1) is 23.7 Å². The van der Waals surface area contributed by atoms with Gasteiger partial charge >= 0.3 is 12.0 Å². The number of urea groups is 1. The van der Waals surface area contributed by atoms with E-state index in [0.717, 1.165) is 11.1 Å². The summed E-state index contributed by atoms with van der Waals surface area (Å²) in [6.45, 7) is 15.6. The molecule has 11 amide bonds. The van der Waals surface area contributed by atoms with Crippen LogP contribution in [0.2, 0.25) is 0 Å². The highest BCUT2D eigenvalue weighted by atomic mass is 16.5. The van der Waals surface area contributed by atoms with E-state index in [-0.39, 0.29) is 91.8 Å². The Morgan fingerprint density at radius 1 is 0.767 bits per heavy atom. The predicted octanol–water partition coefficient (Wildman–Crippen LogP) is 3.75. The van der Waals surface area contributed by atoms with Gasteiger partial charge in [0.15, 0.2) is 0 Å². The summed E-state index contributed by atoms with van der Waals surface area (Å²) in [6.07, 6.45) is 3.26. The number of carboxylic acid groups (broad SMARTS) is 1. The topological polar surface area (TPSA) is 338 Å². The van der Waals surface area contributed by atoms with Crippen molar-refractivity contribution in [2.24, 2.45) is 29.4 Å². The van der Waals surface area contributed by atoms with Crippen molar-refractivity contribution in [1.82, 2.24) is 46.2 Å². The lowest BCUT2D eigenvalue weighted by atomic mass is 9.90. The number of rotatable bonds is 38. The molecular weight excluding hydrogens is 1160 g/mol. The summed E-state index contributed by atoms with van der Waals surface area (Å²) < 4.78 is 11.9. The van der Waals surface area contributed by atoms with Crippen molar-refractivity contribution in [3.05, 3.63) is 65.7 Å². The molecule has 25 nitrogen and oxygen atoms in total. The van der Waals surface area contributed by atoms with E-state index in [1.807, 2.05) is 57.8 Å². The van der Waals surface area contributed by atoms with Crippen LogP contribution in [0.4, 0.5) is 10.5 Å². The van der Waals surface area contributed by atoms with Crippen LogP contribution in [0.25, 0.3) is 0 Å². The zero-order valence-corrected chi connectivity index (χ0v) is 54.8. The maximum absolute atomic E-state index is 14.4. The van der Waals surface area contributed by atoms with Gasteiger partial charge in [-0.25, -0.2) is 9.59 Å². The zero-order chi connectivity index (χ0) is 66.9. The van der Waals surface area contributed by atoms with Crippen molar-refractivity contribution in [3.63, 3.8) is 0 Å². The Hall–Kier alpha value is -7.51. The minimum Gasteiger partial charge on any atom is -0.480 e. The third-order valence-electron chi connectivity index (χ3n) is 17.4. The number of likely N-dealkylation sites (N-methyl/N-ethyl adjacent to an activating group) is 2. The number of hydrogen-bond donors (Lipinski definition) is 8. The third kappa shape index (κ3) is 22.5. The highest BCUT2D eigenvalue weighted by Crippen LogP contribution is 2.30. The number of nitrogens with one attached hydrogen (secondary N) is 6. The van der Waals surface area contributed by atoms with E-state index in [9.17, 15) is 57.8 Å². The Morgan fingerprint density at radius 3 is 2.02 bits per heavy atom. The van der Waals surface area contributed by atoms with E-state index in [0.29, 0.717) is 76.7 Å². The highest BCUT2D eigenvalue weighted by Gasteiger charge is 2.43. The molecule has 4 rings (SSSR count). The quantitative estimate of drug-likeness (QED) is 0.0351. The van der Waals surface area contributed by atoms with Crippen LogP contribution in [0.1, 0.15) is 137 Å². The molecule has 25 heteroatoms. The van der Waals surface area contributed by atoms with Gasteiger partial charge in [-0.1, -0.05) is 96.8 Å². The molecular formula is C65H101N11O14. The van der Waals surface area contributed by atoms with Crippen LogP contribution in [-0.2, 0) is 70.3 Å². The number of carbonyl (C=O) groups excluding carboxylic acids is 10. The van der Waals surface area contributed by atoms with Crippen molar-refractivity contribution in [2.75, 3.05) is 59.8 Å².